The second kappa shape index (κ2) is 6.30. The van der Waals surface area contributed by atoms with Crippen LogP contribution in [0.1, 0.15) is 21.3 Å². The number of rotatable bonds is 3. The Balaban J connectivity index is 1.57. The molecule has 1 saturated heterocycles. The van der Waals surface area contributed by atoms with Crippen molar-refractivity contribution in [2.75, 3.05) is 11.1 Å². The monoisotopic (exact) mass is 389 g/mol. The maximum Gasteiger partial charge on any atom is 0.289 e. The van der Waals surface area contributed by atoms with Crippen LogP contribution in [0.5, 0.6) is 0 Å². The van der Waals surface area contributed by atoms with Gasteiger partial charge in [0, 0.05) is 23.1 Å². The summed E-state index contributed by atoms with van der Waals surface area (Å²) in [6.45, 7) is 0. The van der Waals surface area contributed by atoms with Crippen LogP contribution in [0, 0.1) is 10.1 Å². The number of fused-ring (bicyclic) bond motifs is 3. The molecule has 2 aliphatic rings. The maximum absolute atomic E-state index is 12.7. The van der Waals surface area contributed by atoms with Crippen molar-refractivity contribution < 1.29 is 14.5 Å². The Morgan fingerprint density at radius 1 is 1.31 bits per heavy atom. The number of nitrogens with zero attached hydrogens (tertiary/aromatic N) is 2. The van der Waals surface area contributed by atoms with E-state index in [4.69, 9.17) is 11.6 Å². The fourth-order valence-electron chi connectivity index (χ4n) is 3.20. The minimum atomic E-state index is -0.639. The smallest absolute Gasteiger partial charge is 0.289 e. The van der Waals surface area contributed by atoms with Gasteiger partial charge < -0.3 is 10.2 Å². The number of nitrogens with one attached hydrogen (secondary N) is 1. The number of carbonyl (C=O) groups is 2. The number of carbonyl (C=O) groups excluding carboxylic acids is 2. The first-order valence-corrected chi connectivity index (χ1v) is 9.18. The summed E-state index contributed by atoms with van der Waals surface area (Å²) >= 11 is 7.32. The lowest BCUT2D eigenvalue weighted by atomic mass is 10.1. The molecule has 2 amide bonds. The highest BCUT2D eigenvalue weighted by Crippen LogP contribution is 2.48. The fraction of sp³-hybridized carbons (Fsp3) is 0.176. The summed E-state index contributed by atoms with van der Waals surface area (Å²) in [4.78, 5) is 37.3. The SMILES string of the molecule is O=C(Nc1ccc(Cl)c([N+](=O)[O-])c1)[C@@H]1CS[C@H]2c3ccccc3C(=O)N12. The molecule has 0 radical (unpaired) electrons. The Morgan fingerprint density at radius 3 is 2.85 bits per heavy atom. The van der Waals surface area contributed by atoms with E-state index in [2.05, 4.69) is 5.32 Å². The Labute approximate surface area is 157 Å². The van der Waals surface area contributed by atoms with Crippen molar-refractivity contribution in [3.05, 3.63) is 68.7 Å². The second-order valence-corrected chi connectivity index (χ2v) is 7.43. The van der Waals surface area contributed by atoms with Crippen LogP contribution in [-0.4, -0.2) is 33.4 Å². The van der Waals surface area contributed by atoms with Gasteiger partial charge in [0.15, 0.2) is 0 Å². The summed E-state index contributed by atoms with van der Waals surface area (Å²) in [6, 6.07) is 10.7. The average Bonchev–Trinajstić information content (AvgIpc) is 3.17. The molecule has 1 N–H and O–H groups in total. The zero-order chi connectivity index (χ0) is 18.4. The molecule has 2 aliphatic heterocycles. The van der Waals surface area contributed by atoms with Gasteiger partial charge in [-0.25, -0.2) is 0 Å². The van der Waals surface area contributed by atoms with Gasteiger partial charge >= 0.3 is 0 Å². The van der Waals surface area contributed by atoms with Crippen LogP contribution in [-0.2, 0) is 4.79 Å². The van der Waals surface area contributed by atoms with Crippen LogP contribution in [0.2, 0.25) is 5.02 Å². The Kier molecular flexibility index (Phi) is 4.08. The first-order chi connectivity index (χ1) is 12.5. The third kappa shape index (κ3) is 2.62. The van der Waals surface area contributed by atoms with Crippen LogP contribution in [0.25, 0.3) is 0 Å². The van der Waals surface area contributed by atoms with Gasteiger partial charge in [-0.2, -0.15) is 0 Å². The largest absolute Gasteiger partial charge is 0.324 e. The molecule has 0 bridgehead atoms. The highest BCUT2D eigenvalue weighted by atomic mass is 35.5. The second-order valence-electron chi connectivity index (χ2n) is 5.91. The third-order valence-corrected chi connectivity index (χ3v) is 6.03. The van der Waals surface area contributed by atoms with Crippen LogP contribution in [0.3, 0.4) is 0 Å². The number of hydrogen-bond acceptors (Lipinski definition) is 5. The third-order valence-electron chi connectivity index (χ3n) is 4.41. The van der Waals surface area contributed by atoms with E-state index in [1.54, 1.807) is 17.0 Å². The van der Waals surface area contributed by atoms with Gasteiger partial charge in [0.1, 0.15) is 16.4 Å². The maximum atomic E-state index is 12.7. The van der Waals surface area contributed by atoms with Crippen molar-refractivity contribution in [3.63, 3.8) is 0 Å². The molecule has 7 nitrogen and oxygen atoms in total. The van der Waals surface area contributed by atoms with E-state index in [1.807, 2.05) is 12.1 Å². The van der Waals surface area contributed by atoms with Crippen molar-refractivity contribution in [1.29, 1.82) is 0 Å². The van der Waals surface area contributed by atoms with E-state index in [9.17, 15) is 19.7 Å². The molecule has 0 aliphatic carbocycles. The summed E-state index contributed by atoms with van der Waals surface area (Å²) in [7, 11) is 0. The van der Waals surface area contributed by atoms with Crippen LogP contribution < -0.4 is 5.32 Å². The van der Waals surface area contributed by atoms with Crippen LogP contribution in [0.15, 0.2) is 42.5 Å². The average molecular weight is 390 g/mol. The lowest BCUT2D eigenvalue weighted by Gasteiger charge is -2.22. The van der Waals surface area contributed by atoms with Crippen molar-refractivity contribution in [2.24, 2.45) is 0 Å². The van der Waals surface area contributed by atoms with Crippen LogP contribution in [0.4, 0.5) is 11.4 Å². The first-order valence-electron chi connectivity index (χ1n) is 7.75. The number of hydrogen-bond donors (Lipinski definition) is 1. The van der Waals surface area contributed by atoms with Crippen molar-refractivity contribution >= 4 is 46.6 Å². The molecule has 1 fully saturated rings. The Bertz CT molecular complexity index is 951. The zero-order valence-electron chi connectivity index (χ0n) is 13.2. The van der Waals surface area contributed by atoms with E-state index in [1.165, 1.54) is 30.0 Å². The summed E-state index contributed by atoms with van der Waals surface area (Å²) in [5.74, 6) is -0.0812. The summed E-state index contributed by atoms with van der Waals surface area (Å²) in [6.07, 6.45) is 0. The normalized spacial score (nSPS) is 20.7. The highest BCUT2D eigenvalue weighted by Gasteiger charge is 2.48. The van der Waals surface area contributed by atoms with Crippen molar-refractivity contribution in [2.45, 2.75) is 11.4 Å². The molecule has 9 heteroatoms. The molecule has 0 saturated carbocycles. The standard InChI is InChI=1S/C17H12ClN3O4S/c18-12-6-5-9(7-13(12)21(24)25)19-15(22)14-8-26-17-11-4-2-1-3-10(11)16(23)20(14)17/h1-7,14,17H,8H2,(H,19,22)/t14-,17-/m0/s1. The molecule has 26 heavy (non-hydrogen) atoms. The lowest BCUT2D eigenvalue weighted by molar-refractivity contribution is -0.384. The summed E-state index contributed by atoms with van der Waals surface area (Å²) < 4.78 is 0. The van der Waals surface area contributed by atoms with E-state index in [0.717, 1.165) is 5.56 Å². The molecule has 0 aromatic heterocycles. The number of halogens is 1. The molecule has 2 atom stereocenters. The number of thioether (sulfide) groups is 1. The van der Waals surface area contributed by atoms with E-state index < -0.39 is 11.0 Å². The Hall–Kier alpha value is -2.58. The number of benzene rings is 2. The fourth-order valence-corrected chi connectivity index (χ4v) is 4.85. The van der Waals surface area contributed by atoms with Gasteiger partial charge in [-0.3, -0.25) is 19.7 Å². The van der Waals surface area contributed by atoms with Crippen molar-refractivity contribution in [1.82, 2.24) is 4.90 Å². The number of nitro groups is 1. The lowest BCUT2D eigenvalue weighted by Crippen LogP contribution is -2.42. The minimum Gasteiger partial charge on any atom is -0.324 e. The molecular weight excluding hydrogens is 378 g/mol. The van der Waals surface area contributed by atoms with E-state index >= 15 is 0 Å². The van der Waals surface area contributed by atoms with Gasteiger partial charge in [0.25, 0.3) is 11.6 Å². The number of nitro benzene ring substituents is 1. The predicted molar refractivity (Wildman–Crippen MR) is 98.3 cm³/mol. The van der Waals surface area contributed by atoms with Gasteiger partial charge in [0.2, 0.25) is 5.91 Å². The number of anilines is 1. The van der Waals surface area contributed by atoms with Gasteiger partial charge in [0.05, 0.1) is 4.92 Å². The van der Waals surface area contributed by atoms with Crippen LogP contribution >= 0.6 is 23.4 Å². The summed E-state index contributed by atoms with van der Waals surface area (Å²) in [5, 5.41) is 13.5. The van der Waals surface area contributed by atoms with E-state index in [-0.39, 0.29) is 33.6 Å². The summed E-state index contributed by atoms with van der Waals surface area (Å²) in [5.41, 5.74) is 1.51. The van der Waals surface area contributed by atoms with E-state index in [0.29, 0.717) is 11.3 Å². The molecule has 132 valence electrons. The predicted octanol–water partition coefficient (Wildman–Crippen LogP) is 3.46. The molecule has 2 heterocycles. The molecular formula is C17H12ClN3O4S. The number of amides is 2. The zero-order valence-corrected chi connectivity index (χ0v) is 14.8. The first kappa shape index (κ1) is 16.9. The van der Waals surface area contributed by atoms with Gasteiger partial charge in [-0.05, 0) is 23.8 Å². The topological polar surface area (TPSA) is 92.5 Å². The van der Waals surface area contributed by atoms with Crippen molar-refractivity contribution in [3.8, 4) is 0 Å². The molecule has 0 unspecified atom stereocenters. The molecule has 2 aromatic carbocycles. The molecule has 4 rings (SSSR count). The highest BCUT2D eigenvalue weighted by molar-refractivity contribution is 7.99. The quantitative estimate of drug-likeness (QED) is 0.641. The van der Waals surface area contributed by atoms with Gasteiger partial charge in [-0.1, -0.05) is 29.8 Å². The Morgan fingerprint density at radius 2 is 2.08 bits per heavy atom. The molecule has 2 aromatic rings. The molecule has 0 spiro atoms. The minimum absolute atomic E-state index is 0.00495. The van der Waals surface area contributed by atoms with Gasteiger partial charge in [-0.15, -0.1) is 11.8 Å².